The van der Waals surface area contributed by atoms with E-state index in [1.165, 1.54) is 6.42 Å². The van der Waals surface area contributed by atoms with Gasteiger partial charge in [0.15, 0.2) is 0 Å². The average molecular weight is 286 g/mol. The number of nitrogens with one attached hydrogen (secondary N) is 1. The smallest absolute Gasteiger partial charge is 0.200 e. The first kappa shape index (κ1) is 20.6. The number of hydrogen-bond acceptors (Lipinski definition) is 4. The van der Waals surface area contributed by atoms with Crippen LogP contribution in [0.3, 0.4) is 0 Å². The van der Waals surface area contributed by atoms with Crippen molar-refractivity contribution in [3.63, 3.8) is 0 Å². The Hall–Kier alpha value is -0.740. The molecule has 1 aromatic rings. The van der Waals surface area contributed by atoms with E-state index in [-0.39, 0.29) is 5.43 Å². The molecule has 4 heteroatoms. The zero-order valence-corrected chi connectivity index (χ0v) is 14.2. The highest BCUT2D eigenvalue weighted by Crippen LogP contribution is 2.07. The van der Waals surface area contributed by atoms with Crippen LogP contribution in [-0.2, 0) is 0 Å². The first-order valence-corrected chi connectivity index (χ1v) is 7.78. The molecule has 0 heterocycles. The molecular formula is C15H30N2OS. The number of rotatable bonds is 7. The van der Waals surface area contributed by atoms with Crippen LogP contribution in [0.2, 0.25) is 0 Å². The first-order chi connectivity index (χ1) is 9.15. The Morgan fingerprint density at radius 3 is 2.21 bits per heavy atom. The summed E-state index contributed by atoms with van der Waals surface area (Å²) in [5, 5.41) is 3.17. The van der Waals surface area contributed by atoms with Crippen molar-refractivity contribution in [1.82, 2.24) is 4.90 Å². The second-order valence-electron chi connectivity index (χ2n) is 3.78. The summed E-state index contributed by atoms with van der Waals surface area (Å²) < 4.78 is 0.459. The van der Waals surface area contributed by atoms with E-state index in [1.807, 2.05) is 27.7 Å². The number of unbranched alkanes of at least 4 members (excludes halogenated alkanes) is 1. The van der Waals surface area contributed by atoms with E-state index in [1.54, 1.807) is 6.07 Å². The van der Waals surface area contributed by atoms with Crippen LogP contribution in [-0.4, -0.2) is 31.6 Å². The largest absolute Gasteiger partial charge is 0.384 e. The van der Waals surface area contributed by atoms with Crippen molar-refractivity contribution in [2.24, 2.45) is 0 Å². The van der Waals surface area contributed by atoms with Crippen LogP contribution in [0.5, 0.6) is 0 Å². The topological polar surface area (TPSA) is 32.3 Å². The fraction of sp³-hybridized carbons (Fsp3) is 0.733. The summed E-state index contributed by atoms with van der Waals surface area (Å²) in [6.07, 6.45) is 2.28. The van der Waals surface area contributed by atoms with Crippen LogP contribution in [0.25, 0.3) is 0 Å². The lowest BCUT2D eigenvalue weighted by molar-refractivity contribution is 0.345. The predicted octanol–water partition coefficient (Wildman–Crippen LogP) is 3.85. The quantitative estimate of drug-likeness (QED) is 0.609. The van der Waals surface area contributed by atoms with Crippen LogP contribution in [0, 0.1) is 4.51 Å². The Morgan fingerprint density at radius 2 is 1.79 bits per heavy atom. The molecule has 0 aliphatic carbocycles. The van der Waals surface area contributed by atoms with Gasteiger partial charge in [0, 0.05) is 12.6 Å². The molecule has 0 saturated heterocycles. The highest BCUT2D eigenvalue weighted by Gasteiger charge is 2.03. The van der Waals surface area contributed by atoms with Crippen LogP contribution in [0.15, 0.2) is 10.9 Å². The molecule has 0 atom stereocenters. The lowest BCUT2D eigenvalue weighted by atomic mass is 10.2. The highest BCUT2D eigenvalue weighted by molar-refractivity contribution is 7.71. The maximum Gasteiger partial charge on any atom is 0.200 e. The third kappa shape index (κ3) is 8.89. The van der Waals surface area contributed by atoms with E-state index in [0.717, 1.165) is 31.7 Å². The average Bonchev–Trinajstić information content (AvgIpc) is 2.49. The van der Waals surface area contributed by atoms with E-state index in [4.69, 9.17) is 12.2 Å². The summed E-state index contributed by atoms with van der Waals surface area (Å²) in [6.45, 7) is 13.3. The molecule has 0 amide bonds. The van der Waals surface area contributed by atoms with Crippen molar-refractivity contribution in [3.8, 4) is 0 Å². The monoisotopic (exact) mass is 286 g/mol. The molecule has 3 nitrogen and oxygen atoms in total. The van der Waals surface area contributed by atoms with Crippen molar-refractivity contribution in [2.75, 3.05) is 32.0 Å². The zero-order chi connectivity index (χ0) is 15.3. The Morgan fingerprint density at radius 1 is 1.21 bits per heavy atom. The fourth-order valence-electron chi connectivity index (χ4n) is 1.34. The van der Waals surface area contributed by atoms with Gasteiger partial charge in [-0.1, -0.05) is 46.8 Å². The minimum atomic E-state index is -0.0155. The molecule has 0 spiro atoms. The van der Waals surface area contributed by atoms with Crippen LogP contribution in [0.4, 0.5) is 5.69 Å². The lowest BCUT2D eigenvalue weighted by Crippen LogP contribution is -2.20. The van der Waals surface area contributed by atoms with Crippen molar-refractivity contribution in [2.45, 2.75) is 47.5 Å². The van der Waals surface area contributed by atoms with Gasteiger partial charge in [0.2, 0.25) is 5.43 Å². The van der Waals surface area contributed by atoms with E-state index in [9.17, 15) is 4.79 Å². The summed E-state index contributed by atoms with van der Waals surface area (Å²) in [7, 11) is 2.12. The van der Waals surface area contributed by atoms with Gasteiger partial charge in [-0.15, -0.1) is 0 Å². The van der Waals surface area contributed by atoms with E-state index in [2.05, 4.69) is 24.2 Å². The molecule has 1 N–H and O–H groups in total. The molecule has 0 radical (unpaired) electrons. The summed E-state index contributed by atoms with van der Waals surface area (Å²) in [4.78, 5) is 13.1. The minimum Gasteiger partial charge on any atom is -0.384 e. The van der Waals surface area contributed by atoms with Gasteiger partial charge in [-0.2, -0.15) is 0 Å². The molecule has 0 unspecified atom stereocenters. The number of hydrogen-bond donors (Lipinski definition) is 1. The minimum absolute atomic E-state index is 0.0155. The van der Waals surface area contributed by atoms with E-state index >= 15 is 0 Å². The highest BCUT2D eigenvalue weighted by atomic mass is 32.1. The van der Waals surface area contributed by atoms with Crippen molar-refractivity contribution < 1.29 is 0 Å². The van der Waals surface area contributed by atoms with Crippen molar-refractivity contribution in [1.29, 1.82) is 0 Å². The van der Waals surface area contributed by atoms with Gasteiger partial charge < -0.3 is 10.2 Å². The second-order valence-corrected chi connectivity index (χ2v) is 4.19. The van der Waals surface area contributed by atoms with Crippen molar-refractivity contribution in [3.05, 3.63) is 20.8 Å². The normalized spacial score (nSPS) is 9.42. The second kappa shape index (κ2) is 13.7. The molecule has 0 aliphatic rings. The maximum absolute atomic E-state index is 10.8. The van der Waals surface area contributed by atoms with E-state index < -0.39 is 0 Å². The third-order valence-electron chi connectivity index (χ3n) is 2.57. The van der Waals surface area contributed by atoms with Crippen LogP contribution < -0.4 is 10.7 Å². The molecule has 0 aliphatic heterocycles. The van der Waals surface area contributed by atoms with Gasteiger partial charge in [0.05, 0.1) is 5.69 Å². The maximum atomic E-state index is 10.8. The molecule has 0 aromatic heterocycles. The molecule has 112 valence electrons. The number of nitrogens with zero attached hydrogens (tertiary/aromatic N) is 1. The Bertz CT molecular complexity index is 370. The molecule has 1 aromatic carbocycles. The molecule has 0 bridgehead atoms. The lowest BCUT2D eigenvalue weighted by Gasteiger charge is -2.13. The molecule has 1 rings (SSSR count). The molecule has 0 saturated carbocycles. The summed E-state index contributed by atoms with van der Waals surface area (Å²) >= 11 is 4.88. The van der Waals surface area contributed by atoms with Gasteiger partial charge >= 0.3 is 0 Å². The molecular weight excluding hydrogens is 256 g/mol. The van der Waals surface area contributed by atoms with Gasteiger partial charge in [-0.05, 0) is 33.0 Å². The Labute approximate surface area is 123 Å². The summed E-state index contributed by atoms with van der Waals surface area (Å²) in [6, 6.07) is 1.57. The molecule has 19 heavy (non-hydrogen) atoms. The fourth-order valence-corrected chi connectivity index (χ4v) is 1.53. The Kier molecular flexibility index (Phi) is 14.8. The molecule has 0 fully saturated rings. The first-order valence-electron chi connectivity index (χ1n) is 7.38. The Balaban J connectivity index is 0. The van der Waals surface area contributed by atoms with Crippen LogP contribution >= 0.6 is 12.2 Å². The van der Waals surface area contributed by atoms with Gasteiger partial charge in [-0.3, -0.25) is 4.79 Å². The van der Waals surface area contributed by atoms with E-state index in [0.29, 0.717) is 4.51 Å². The van der Waals surface area contributed by atoms with Gasteiger partial charge in [-0.25, -0.2) is 0 Å². The van der Waals surface area contributed by atoms with Crippen LogP contribution in [0.1, 0.15) is 47.5 Å². The standard InChI is InChI=1S/C11H18N2OS.2C2H6/c1-3-13(2)7-5-4-6-12-9-8-10(14)11(9)15;2*1-2/h8,12H,3-7H2,1-2H3;2*1-2H3. The zero-order valence-electron chi connectivity index (χ0n) is 13.4. The summed E-state index contributed by atoms with van der Waals surface area (Å²) in [5.41, 5.74) is 0.831. The number of anilines is 1. The summed E-state index contributed by atoms with van der Waals surface area (Å²) in [5.74, 6) is 0. The predicted molar refractivity (Wildman–Crippen MR) is 89.5 cm³/mol. The van der Waals surface area contributed by atoms with Gasteiger partial charge in [0.1, 0.15) is 4.51 Å². The third-order valence-corrected chi connectivity index (χ3v) is 2.99. The van der Waals surface area contributed by atoms with Crippen molar-refractivity contribution >= 4 is 17.9 Å². The van der Waals surface area contributed by atoms with Gasteiger partial charge in [0.25, 0.3) is 0 Å². The SMILES string of the molecule is CC.CC.CCN(C)CCCCNc1cc(=O)c1=S.